The molecule has 0 aromatic heterocycles. The van der Waals surface area contributed by atoms with Gasteiger partial charge in [0.15, 0.2) is 0 Å². The number of carboxylic acids is 2. The molecule has 236 valence electrons. The average Bonchev–Trinajstić information content (AvgIpc) is 2.95. The number of unbranched alkanes of at least 4 members (excludes halogenated alkanes) is 17. The topological polar surface area (TPSA) is 74.6 Å². The fourth-order valence-electron chi connectivity index (χ4n) is 4.17. The predicted molar refractivity (Wildman–Crippen MR) is 179 cm³/mol. The summed E-state index contributed by atoms with van der Waals surface area (Å²) >= 11 is 0. The van der Waals surface area contributed by atoms with Crippen molar-refractivity contribution in [2.24, 2.45) is 0 Å². The van der Waals surface area contributed by atoms with Crippen LogP contribution in [0.25, 0.3) is 0 Å². The minimum absolute atomic E-state index is 0.316. The van der Waals surface area contributed by atoms with Crippen LogP contribution >= 0.6 is 0 Å². The summed E-state index contributed by atoms with van der Waals surface area (Å²) in [4.78, 5) is 20.6. The lowest BCUT2D eigenvalue weighted by Gasteiger charge is -1.97. The zero-order valence-corrected chi connectivity index (χ0v) is 26.7. The molecule has 0 atom stereocenters. The molecule has 4 heteroatoms. The summed E-state index contributed by atoms with van der Waals surface area (Å²) in [5.74, 6) is -1.35. The molecule has 0 spiro atoms. The summed E-state index contributed by atoms with van der Waals surface area (Å²) in [6.07, 6.45) is 47.1. The van der Waals surface area contributed by atoms with Gasteiger partial charge in [0.1, 0.15) is 0 Å². The predicted octanol–water partition coefficient (Wildman–Crippen LogP) is 11.9. The normalized spacial score (nSPS) is 11.9. The Kier molecular flexibility index (Phi) is 37.4. The second kappa shape index (κ2) is 37.6. The summed E-state index contributed by atoms with van der Waals surface area (Å²) in [6.45, 7) is 4.47. The van der Waals surface area contributed by atoms with E-state index in [-0.39, 0.29) is 0 Å². The fraction of sp³-hybridized carbons (Fsp3) is 0.676. The molecule has 0 aliphatic heterocycles. The third kappa shape index (κ3) is 44.9. The SMILES string of the molecule is CCCCCC/C=C\C=C/CCCCCCCC(=O)O.CCCCC\C=C/C=C\C=C/CCCCCCCC(=O)O. The summed E-state index contributed by atoms with van der Waals surface area (Å²) in [5, 5.41) is 17.0. The van der Waals surface area contributed by atoms with Gasteiger partial charge in [0.2, 0.25) is 0 Å². The molecule has 2 N–H and O–H groups in total. The van der Waals surface area contributed by atoms with Crippen LogP contribution in [0.3, 0.4) is 0 Å². The van der Waals surface area contributed by atoms with Crippen molar-refractivity contribution in [3.8, 4) is 0 Å². The second-order valence-corrected chi connectivity index (χ2v) is 10.8. The van der Waals surface area contributed by atoms with E-state index >= 15 is 0 Å². The van der Waals surface area contributed by atoms with Crippen LogP contribution in [-0.2, 0) is 9.59 Å². The highest BCUT2D eigenvalue weighted by Crippen LogP contribution is 2.09. The molecule has 41 heavy (non-hydrogen) atoms. The second-order valence-electron chi connectivity index (χ2n) is 10.8. The monoisotopic (exact) mass is 572 g/mol. The molecule has 0 amide bonds. The zero-order chi connectivity index (χ0) is 30.5. The van der Waals surface area contributed by atoms with Crippen molar-refractivity contribution in [3.05, 3.63) is 60.8 Å². The van der Waals surface area contributed by atoms with E-state index in [0.717, 1.165) is 51.4 Å². The Morgan fingerprint density at radius 1 is 0.390 bits per heavy atom. The van der Waals surface area contributed by atoms with Gasteiger partial charge in [-0.1, -0.05) is 145 Å². The number of carbonyl (C=O) groups is 2. The molecule has 0 unspecified atom stereocenters. The molecular formula is C37H64O4. The molecule has 0 radical (unpaired) electrons. The molecule has 0 aliphatic carbocycles. The minimum atomic E-state index is -0.677. The van der Waals surface area contributed by atoms with Gasteiger partial charge in [-0.15, -0.1) is 0 Å². The molecule has 0 heterocycles. The number of allylic oxidation sites excluding steroid dienone is 10. The van der Waals surface area contributed by atoms with Crippen LogP contribution < -0.4 is 0 Å². The lowest BCUT2D eigenvalue weighted by atomic mass is 10.1. The highest BCUT2D eigenvalue weighted by molar-refractivity contribution is 5.66. The van der Waals surface area contributed by atoms with Gasteiger partial charge in [0.25, 0.3) is 0 Å². The average molecular weight is 573 g/mol. The number of aliphatic carboxylic acids is 2. The van der Waals surface area contributed by atoms with Gasteiger partial charge in [-0.2, -0.15) is 0 Å². The van der Waals surface area contributed by atoms with Gasteiger partial charge in [-0.05, 0) is 64.2 Å². The van der Waals surface area contributed by atoms with Crippen LogP contribution in [0, 0.1) is 0 Å². The maximum Gasteiger partial charge on any atom is 0.303 e. The maximum atomic E-state index is 10.3. The number of rotatable bonds is 28. The van der Waals surface area contributed by atoms with Crippen molar-refractivity contribution < 1.29 is 19.8 Å². The molecular weight excluding hydrogens is 508 g/mol. The minimum Gasteiger partial charge on any atom is -0.481 e. The van der Waals surface area contributed by atoms with Gasteiger partial charge in [0, 0.05) is 12.8 Å². The Hall–Kier alpha value is -2.36. The van der Waals surface area contributed by atoms with E-state index in [0.29, 0.717) is 12.8 Å². The molecule has 0 aromatic rings. The standard InChI is InChI=1S/C19H32O2.C18H32O2/c1-2-3-4-5-6-7-8-9-10-11-12-13-14-15-16-17-18-19(20)21;1-2-3-4-5-6-7-8-9-10-11-12-13-14-15-16-17-18(19)20/h6-11H,2-5,12-18H2,1H3,(H,20,21);7-10H,2-6,11-17H2,1H3,(H,19,20)/b7-6-,9-8-,11-10-;8-7-,10-9-. The van der Waals surface area contributed by atoms with Gasteiger partial charge in [0.05, 0.1) is 0 Å². The number of hydrogen-bond donors (Lipinski definition) is 2. The zero-order valence-electron chi connectivity index (χ0n) is 26.7. The first-order chi connectivity index (χ1) is 20.0. The van der Waals surface area contributed by atoms with Gasteiger partial charge in [-0.3, -0.25) is 9.59 Å². The van der Waals surface area contributed by atoms with Crippen molar-refractivity contribution in [1.29, 1.82) is 0 Å². The highest BCUT2D eigenvalue weighted by atomic mass is 16.4. The van der Waals surface area contributed by atoms with Crippen molar-refractivity contribution in [2.75, 3.05) is 0 Å². The van der Waals surface area contributed by atoms with E-state index in [2.05, 4.69) is 74.6 Å². The Morgan fingerprint density at radius 3 is 1.02 bits per heavy atom. The van der Waals surface area contributed by atoms with Crippen LogP contribution in [0.5, 0.6) is 0 Å². The van der Waals surface area contributed by atoms with E-state index in [9.17, 15) is 9.59 Å². The Morgan fingerprint density at radius 2 is 0.659 bits per heavy atom. The summed E-state index contributed by atoms with van der Waals surface area (Å²) in [6, 6.07) is 0. The van der Waals surface area contributed by atoms with Gasteiger partial charge >= 0.3 is 11.9 Å². The Balaban J connectivity index is 0. The molecule has 0 bridgehead atoms. The molecule has 0 saturated heterocycles. The molecule has 0 saturated carbocycles. The number of carboxylic acid groups (broad SMARTS) is 2. The van der Waals surface area contributed by atoms with E-state index in [1.54, 1.807) is 0 Å². The first kappa shape index (κ1) is 40.8. The summed E-state index contributed by atoms with van der Waals surface area (Å²) < 4.78 is 0. The summed E-state index contributed by atoms with van der Waals surface area (Å²) in [5.41, 5.74) is 0. The van der Waals surface area contributed by atoms with Crippen molar-refractivity contribution in [1.82, 2.24) is 0 Å². The lowest BCUT2D eigenvalue weighted by molar-refractivity contribution is -0.138. The molecule has 4 nitrogen and oxygen atoms in total. The van der Waals surface area contributed by atoms with Gasteiger partial charge in [-0.25, -0.2) is 0 Å². The van der Waals surface area contributed by atoms with E-state index in [1.807, 2.05) is 0 Å². The first-order valence-corrected chi connectivity index (χ1v) is 16.8. The third-order valence-electron chi connectivity index (χ3n) is 6.71. The molecule has 0 aromatic carbocycles. The van der Waals surface area contributed by atoms with Crippen LogP contribution in [-0.4, -0.2) is 22.2 Å². The van der Waals surface area contributed by atoms with Gasteiger partial charge < -0.3 is 10.2 Å². The fourth-order valence-corrected chi connectivity index (χ4v) is 4.17. The Bertz CT molecular complexity index is 700. The van der Waals surface area contributed by atoms with Crippen LogP contribution in [0.2, 0.25) is 0 Å². The largest absolute Gasteiger partial charge is 0.481 e. The Labute approximate surface area is 253 Å². The van der Waals surface area contributed by atoms with E-state index in [1.165, 1.54) is 83.5 Å². The van der Waals surface area contributed by atoms with Crippen molar-refractivity contribution in [2.45, 2.75) is 162 Å². The lowest BCUT2D eigenvalue weighted by Crippen LogP contribution is -1.93. The van der Waals surface area contributed by atoms with Crippen molar-refractivity contribution >= 4 is 11.9 Å². The van der Waals surface area contributed by atoms with Crippen LogP contribution in [0.4, 0.5) is 0 Å². The summed E-state index contributed by atoms with van der Waals surface area (Å²) in [7, 11) is 0. The van der Waals surface area contributed by atoms with Crippen molar-refractivity contribution in [3.63, 3.8) is 0 Å². The third-order valence-corrected chi connectivity index (χ3v) is 6.71. The number of hydrogen-bond acceptors (Lipinski definition) is 2. The first-order valence-electron chi connectivity index (χ1n) is 16.8. The highest BCUT2D eigenvalue weighted by Gasteiger charge is 1.96. The molecule has 0 fully saturated rings. The molecule has 0 aliphatic rings. The smallest absolute Gasteiger partial charge is 0.303 e. The van der Waals surface area contributed by atoms with E-state index < -0.39 is 11.9 Å². The van der Waals surface area contributed by atoms with Crippen LogP contribution in [0.15, 0.2) is 60.8 Å². The molecule has 0 rings (SSSR count). The quantitative estimate of drug-likeness (QED) is 0.0722. The van der Waals surface area contributed by atoms with E-state index in [4.69, 9.17) is 10.2 Å². The maximum absolute atomic E-state index is 10.3. The van der Waals surface area contributed by atoms with Crippen LogP contribution in [0.1, 0.15) is 162 Å².